The van der Waals surface area contributed by atoms with E-state index in [1.165, 1.54) is 0 Å². The lowest BCUT2D eigenvalue weighted by Gasteiger charge is -2.11. The maximum absolute atomic E-state index is 11.6. The number of benzene rings is 1. The van der Waals surface area contributed by atoms with Crippen LogP contribution >= 0.6 is 0 Å². The molecule has 7 heteroatoms. The summed E-state index contributed by atoms with van der Waals surface area (Å²) >= 11 is 0. The first-order valence-electron chi connectivity index (χ1n) is 7.11. The monoisotopic (exact) mass is 320 g/mol. The zero-order valence-corrected chi connectivity index (χ0v) is 13.1. The van der Waals surface area contributed by atoms with Crippen LogP contribution in [0.2, 0.25) is 0 Å². The summed E-state index contributed by atoms with van der Waals surface area (Å²) < 4.78 is 21.0. The second-order valence-corrected chi connectivity index (χ2v) is 4.59. The number of carbonyl (C=O) groups excluding carboxylic acids is 1. The smallest absolute Gasteiger partial charge is 0.315 e. The summed E-state index contributed by atoms with van der Waals surface area (Å²) in [5.41, 5.74) is 0. The summed E-state index contributed by atoms with van der Waals surface area (Å²) in [6, 6.07) is 8.53. The average molecular weight is 320 g/mol. The molecule has 23 heavy (non-hydrogen) atoms. The molecule has 0 bridgehead atoms. The minimum atomic E-state index is -0.284. The third-order valence-corrected chi connectivity index (χ3v) is 2.98. The molecular weight excluding hydrogens is 300 g/mol. The van der Waals surface area contributed by atoms with E-state index in [1.54, 1.807) is 50.8 Å². The Kier molecular flexibility index (Phi) is 6.17. The van der Waals surface area contributed by atoms with Gasteiger partial charge in [-0.05, 0) is 12.1 Å². The van der Waals surface area contributed by atoms with E-state index in [9.17, 15) is 4.79 Å². The Morgan fingerprint density at radius 1 is 1.09 bits per heavy atom. The fourth-order valence-electron chi connectivity index (χ4n) is 1.84. The maximum atomic E-state index is 11.6. The summed E-state index contributed by atoms with van der Waals surface area (Å²) in [4.78, 5) is 11.6. The maximum Gasteiger partial charge on any atom is 0.315 e. The first-order chi connectivity index (χ1) is 11.2. The SMILES string of the molecule is COc1cc(OC)cc(OCCNC(=O)NCc2ccco2)c1. The Morgan fingerprint density at radius 2 is 1.78 bits per heavy atom. The molecule has 1 aromatic carbocycles. The summed E-state index contributed by atoms with van der Waals surface area (Å²) in [6.45, 7) is 1.03. The Bertz CT molecular complexity index is 591. The van der Waals surface area contributed by atoms with Crippen molar-refractivity contribution < 1.29 is 23.4 Å². The van der Waals surface area contributed by atoms with E-state index in [-0.39, 0.29) is 6.03 Å². The van der Waals surface area contributed by atoms with E-state index >= 15 is 0 Å². The normalized spacial score (nSPS) is 10.0. The van der Waals surface area contributed by atoms with E-state index in [4.69, 9.17) is 18.6 Å². The molecule has 0 saturated heterocycles. The van der Waals surface area contributed by atoms with Crippen molar-refractivity contribution in [1.29, 1.82) is 0 Å². The number of furan rings is 1. The molecule has 1 aromatic heterocycles. The average Bonchev–Trinajstić information content (AvgIpc) is 3.10. The van der Waals surface area contributed by atoms with E-state index in [0.29, 0.717) is 42.7 Å². The standard InChI is InChI=1S/C16H20N2O5/c1-20-13-8-14(21-2)10-15(9-13)23-7-5-17-16(19)18-11-12-4-3-6-22-12/h3-4,6,8-10H,5,7,11H2,1-2H3,(H2,17,18,19). The topological polar surface area (TPSA) is 82.0 Å². The van der Waals surface area contributed by atoms with Gasteiger partial charge in [-0.25, -0.2) is 4.79 Å². The molecule has 0 spiro atoms. The van der Waals surface area contributed by atoms with Crippen LogP contribution in [0.5, 0.6) is 17.2 Å². The number of hydrogen-bond acceptors (Lipinski definition) is 5. The van der Waals surface area contributed by atoms with Gasteiger partial charge in [0.2, 0.25) is 0 Å². The number of nitrogens with one attached hydrogen (secondary N) is 2. The van der Waals surface area contributed by atoms with Crippen molar-refractivity contribution in [3.63, 3.8) is 0 Å². The number of hydrogen-bond donors (Lipinski definition) is 2. The molecule has 2 rings (SSSR count). The summed E-state index contributed by atoms with van der Waals surface area (Å²) in [5.74, 6) is 2.59. The van der Waals surface area contributed by atoms with Gasteiger partial charge in [-0.1, -0.05) is 0 Å². The van der Waals surface area contributed by atoms with Crippen LogP contribution in [0, 0.1) is 0 Å². The molecule has 2 aromatic rings. The highest BCUT2D eigenvalue weighted by molar-refractivity contribution is 5.73. The lowest BCUT2D eigenvalue weighted by molar-refractivity contribution is 0.235. The number of amides is 2. The Hall–Kier alpha value is -2.83. The third-order valence-electron chi connectivity index (χ3n) is 2.98. The van der Waals surface area contributed by atoms with Crippen molar-refractivity contribution in [2.75, 3.05) is 27.4 Å². The second-order valence-electron chi connectivity index (χ2n) is 4.59. The first kappa shape index (κ1) is 16.5. The predicted molar refractivity (Wildman–Crippen MR) is 84.0 cm³/mol. The van der Waals surface area contributed by atoms with Gasteiger partial charge in [0.1, 0.15) is 29.6 Å². The zero-order valence-electron chi connectivity index (χ0n) is 13.1. The molecule has 0 atom stereocenters. The van der Waals surface area contributed by atoms with Crippen molar-refractivity contribution in [3.8, 4) is 17.2 Å². The molecule has 0 radical (unpaired) electrons. The molecule has 0 aliphatic carbocycles. The zero-order chi connectivity index (χ0) is 16.5. The van der Waals surface area contributed by atoms with Gasteiger partial charge in [0.15, 0.2) is 0 Å². The Labute approximate surface area is 134 Å². The number of urea groups is 1. The van der Waals surface area contributed by atoms with Crippen LogP contribution < -0.4 is 24.8 Å². The van der Waals surface area contributed by atoms with Gasteiger partial charge in [-0.2, -0.15) is 0 Å². The molecule has 124 valence electrons. The molecule has 0 aliphatic rings. The third kappa shape index (κ3) is 5.46. The molecule has 0 aliphatic heterocycles. The lowest BCUT2D eigenvalue weighted by atomic mass is 10.3. The quantitative estimate of drug-likeness (QED) is 0.729. The van der Waals surface area contributed by atoms with Gasteiger partial charge in [-0.3, -0.25) is 0 Å². The fraction of sp³-hybridized carbons (Fsp3) is 0.312. The van der Waals surface area contributed by atoms with E-state index in [1.807, 2.05) is 0 Å². The van der Waals surface area contributed by atoms with Gasteiger partial charge < -0.3 is 29.3 Å². The second kappa shape index (κ2) is 8.57. The van der Waals surface area contributed by atoms with Crippen molar-refractivity contribution in [2.24, 2.45) is 0 Å². The van der Waals surface area contributed by atoms with Gasteiger partial charge in [0.05, 0.1) is 33.6 Å². The molecule has 2 N–H and O–H groups in total. The van der Waals surface area contributed by atoms with E-state index in [2.05, 4.69) is 10.6 Å². The molecule has 7 nitrogen and oxygen atoms in total. The Morgan fingerprint density at radius 3 is 2.39 bits per heavy atom. The van der Waals surface area contributed by atoms with Gasteiger partial charge in [0, 0.05) is 18.2 Å². The number of ether oxygens (including phenoxy) is 3. The highest BCUT2D eigenvalue weighted by atomic mass is 16.5. The van der Waals surface area contributed by atoms with Crippen molar-refractivity contribution >= 4 is 6.03 Å². The van der Waals surface area contributed by atoms with Crippen molar-refractivity contribution in [3.05, 3.63) is 42.4 Å². The van der Waals surface area contributed by atoms with Gasteiger partial charge >= 0.3 is 6.03 Å². The first-order valence-corrected chi connectivity index (χ1v) is 7.11. The van der Waals surface area contributed by atoms with E-state index in [0.717, 1.165) is 0 Å². The molecule has 0 saturated carbocycles. The molecular formula is C16H20N2O5. The number of methoxy groups -OCH3 is 2. The lowest BCUT2D eigenvalue weighted by Crippen LogP contribution is -2.37. The minimum Gasteiger partial charge on any atom is -0.496 e. The summed E-state index contributed by atoms with van der Waals surface area (Å²) in [6.07, 6.45) is 1.56. The molecule has 2 amide bonds. The van der Waals surface area contributed by atoms with Crippen LogP contribution in [-0.2, 0) is 6.54 Å². The highest BCUT2D eigenvalue weighted by Crippen LogP contribution is 2.27. The molecule has 1 heterocycles. The largest absolute Gasteiger partial charge is 0.496 e. The van der Waals surface area contributed by atoms with Crippen LogP contribution in [0.15, 0.2) is 41.0 Å². The van der Waals surface area contributed by atoms with Crippen LogP contribution in [-0.4, -0.2) is 33.4 Å². The number of rotatable bonds is 8. The molecule has 0 fully saturated rings. The van der Waals surface area contributed by atoms with Crippen LogP contribution in [0.25, 0.3) is 0 Å². The highest BCUT2D eigenvalue weighted by Gasteiger charge is 2.04. The van der Waals surface area contributed by atoms with Gasteiger partial charge in [0.25, 0.3) is 0 Å². The molecule has 0 unspecified atom stereocenters. The van der Waals surface area contributed by atoms with Crippen molar-refractivity contribution in [2.45, 2.75) is 6.54 Å². The predicted octanol–water partition coefficient (Wildman–Crippen LogP) is 2.17. The van der Waals surface area contributed by atoms with Crippen LogP contribution in [0.3, 0.4) is 0 Å². The van der Waals surface area contributed by atoms with Crippen LogP contribution in [0.1, 0.15) is 5.76 Å². The summed E-state index contributed by atoms with van der Waals surface area (Å²) in [7, 11) is 3.15. The number of carbonyl (C=O) groups is 1. The van der Waals surface area contributed by atoms with Gasteiger partial charge in [-0.15, -0.1) is 0 Å². The van der Waals surface area contributed by atoms with E-state index < -0.39 is 0 Å². The summed E-state index contributed by atoms with van der Waals surface area (Å²) in [5, 5.41) is 5.37. The minimum absolute atomic E-state index is 0.284. The fourth-order valence-corrected chi connectivity index (χ4v) is 1.84. The Balaban J connectivity index is 1.69. The van der Waals surface area contributed by atoms with Crippen molar-refractivity contribution in [1.82, 2.24) is 10.6 Å². The van der Waals surface area contributed by atoms with Crippen LogP contribution in [0.4, 0.5) is 4.79 Å².